The predicted molar refractivity (Wildman–Crippen MR) is 63.9 cm³/mol. The van der Waals surface area contributed by atoms with Crippen LogP contribution in [0.25, 0.3) is 0 Å². The van der Waals surface area contributed by atoms with Crippen LogP contribution in [0, 0.1) is 12.8 Å². The van der Waals surface area contributed by atoms with E-state index in [0.29, 0.717) is 12.0 Å². The standard InChI is InChI=1S/C12H23N3/c1-5-6-13-12(10(2)3)9-15-8-11(4)7-14-15/h7-8,10,12-13H,5-6,9H2,1-4H3. The van der Waals surface area contributed by atoms with Crippen molar-refractivity contribution in [2.75, 3.05) is 6.54 Å². The van der Waals surface area contributed by atoms with Crippen LogP contribution in [-0.4, -0.2) is 22.4 Å². The van der Waals surface area contributed by atoms with Crippen LogP contribution >= 0.6 is 0 Å². The minimum atomic E-state index is 0.518. The van der Waals surface area contributed by atoms with Crippen LogP contribution in [0.5, 0.6) is 0 Å². The van der Waals surface area contributed by atoms with Gasteiger partial charge in [-0.05, 0) is 31.4 Å². The van der Waals surface area contributed by atoms with E-state index < -0.39 is 0 Å². The lowest BCUT2D eigenvalue weighted by Gasteiger charge is -2.22. The number of nitrogens with one attached hydrogen (secondary N) is 1. The molecule has 0 aliphatic rings. The molecule has 1 atom stereocenters. The average Bonchev–Trinajstić information content (AvgIpc) is 2.58. The molecule has 86 valence electrons. The maximum absolute atomic E-state index is 4.32. The Kier molecular flexibility index (Phi) is 4.82. The number of aromatic nitrogens is 2. The minimum absolute atomic E-state index is 0.518. The Balaban J connectivity index is 2.50. The molecule has 3 heteroatoms. The summed E-state index contributed by atoms with van der Waals surface area (Å²) in [5.74, 6) is 0.640. The van der Waals surface area contributed by atoms with E-state index in [1.54, 1.807) is 0 Å². The van der Waals surface area contributed by atoms with E-state index in [2.05, 4.69) is 44.3 Å². The average molecular weight is 209 g/mol. The summed E-state index contributed by atoms with van der Waals surface area (Å²) in [7, 11) is 0. The summed E-state index contributed by atoms with van der Waals surface area (Å²) in [6, 6.07) is 0.518. The molecule has 0 aliphatic carbocycles. The predicted octanol–water partition coefficient (Wildman–Crippen LogP) is 2.22. The Morgan fingerprint density at radius 3 is 2.67 bits per heavy atom. The van der Waals surface area contributed by atoms with Crippen molar-refractivity contribution in [2.24, 2.45) is 5.92 Å². The topological polar surface area (TPSA) is 29.9 Å². The Hall–Kier alpha value is -0.830. The van der Waals surface area contributed by atoms with Gasteiger partial charge in [0.2, 0.25) is 0 Å². The van der Waals surface area contributed by atoms with Gasteiger partial charge in [-0.1, -0.05) is 20.8 Å². The maximum Gasteiger partial charge on any atom is 0.0565 e. The smallest absolute Gasteiger partial charge is 0.0565 e. The molecule has 0 saturated heterocycles. The van der Waals surface area contributed by atoms with Crippen molar-refractivity contribution in [2.45, 2.75) is 46.7 Å². The van der Waals surface area contributed by atoms with Gasteiger partial charge in [-0.2, -0.15) is 5.10 Å². The Morgan fingerprint density at radius 2 is 2.20 bits per heavy atom. The van der Waals surface area contributed by atoms with E-state index in [9.17, 15) is 0 Å². The van der Waals surface area contributed by atoms with Gasteiger partial charge in [0.1, 0.15) is 0 Å². The van der Waals surface area contributed by atoms with Crippen molar-refractivity contribution < 1.29 is 0 Å². The molecule has 0 amide bonds. The Morgan fingerprint density at radius 1 is 1.47 bits per heavy atom. The summed E-state index contributed by atoms with van der Waals surface area (Å²) in [5.41, 5.74) is 1.23. The first-order chi connectivity index (χ1) is 7.13. The third-order valence-electron chi connectivity index (χ3n) is 2.61. The molecule has 1 N–H and O–H groups in total. The van der Waals surface area contributed by atoms with Gasteiger partial charge in [-0.25, -0.2) is 0 Å². The highest BCUT2D eigenvalue weighted by Crippen LogP contribution is 2.05. The van der Waals surface area contributed by atoms with Gasteiger partial charge in [0.25, 0.3) is 0 Å². The molecule has 0 fully saturated rings. The van der Waals surface area contributed by atoms with Gasteiger partial charge < -0.3 is 5.32 Å². The van der Waals surface area contributed by atoms with Crippen molar-refractivity contribution in [3.63, 3.8) is 0 Å². The highest BCUT2D eigenvalue weighted by Gasteiger charge is 2.12. The first-order valence-electron chi connectivity index (χ1n) is 5.86. The molecule has 1 rings (SSSR count). The molecule has 1 aromatic heterocycles. The third kappa shape index (κ3) is 4.04. The van der Waals surface area contributed by atoms with Gasteiger partial charge in [0, 0.05) is 12.2 Å². The molecule has 1 heterocycles. The number of nitrogens with zero attached hydrogens (tertiary/aromatic N) is 2. The SMILES string of the molecule is CCCNC(Cn1cc(C)cn1)C(C)C. The fraction of sp³-hybridized carbons (Fsp3) is 0.750. The first-order valence-corrected chi connectivity index (χ1v) is 5.86. The second-order valence-electron chi connectivity index (χ2n) is 4.54. The van der Waals surface area contributed by atoms with Crippen LogP contribution in [-0.2, 0) is 6.54 Å². The van der Waals surface area contributed by atoms with E-state index in [4.69, 9.17) is 0 Å². The fourth-order valence-electron chi connectivity index (χ4n) is 1.61. The molecule has 0 aromatic carbocycles. The molecular formula is C12H23N3. The summed E-state index contributed by atoms with van der Waals surface area (Å²) >= 11 is 0. The summed E-state index contributed by atoms with van der Waals surface area (Å²) in [6.07, 6.45) is 5.20. The molecule has 3 nitrogen and oxygen atoms in total. The molecule has 1 unspecified atom stereocenters. The van der Waals surface area contributed by atoms with Crippen molar-refractivity contribution in [3.8, 4) is 0 Å². The van der Waals surface area contributed by atoms with Crippen molar-refractivity contribution >= 4 is 0 Å². The van der Waals surface area contributed by atoms with Crippen molar-refractivity contribution in [1.29, 1.82) is 0 Å². The van der Waals surface area contributed by atoms with Gasteiger partial charge in [-0.3, -0.25) is 4.68 Å². The van der Waals surface area contributed by atoms with Gasteiger partial charge in [-0.15, -0.1) is 0 Å². The zero-order valence-corrected chi connectivity index (χ0v) is 10.3. The normalized spacial score (nSPS) is 13.4. The van der Waals surface area contributed by atoms with Crippen LogP contribution in [0.1, 0.15) is 32.8 Å². The molecule has 0 saturated carbocycles. The lowest BCUT2D eigenvalue weighted by atomic mass is 10.0. The number of hydrogen-bond donors (Lipinski definition) is 1. The molecular weight excluding hydrogens is 186 g/mol. The van der Waals surface area contributed by atoms with Gasteiger partial charge in [0.05, 0.1) is 12.7 Å². The summed E-state index contributed by atoms with van der Waals surface area (Å²) in [6.45, 7) is 10.8. The third-order valence-corrected chi connectivity index (χ3v) is 2.61. The molecule has 0 spiro atoms. The number of rotatable bonds is 6. The van der Waals surface area contributed by atoms with Crippen molar-refractivity contribution in [3.05, 3.63) is 18.0 Å². The van der Waals surface area contributed by atoms with E-state index >= 15 is 0 Å². The van der Waals surface area contributed by atoms with E-state index in [1.807, 2.05) is 10.9 Å². The van der Waals surface area contributed by atoms with Crippen LogP contribution < -0.4 is 5.32 Å². The molecule has 0 bridgehead atoms. The Labute approximate surface area is 92.9 Å². The quantitative estimate of drug-likeness (QED) is 0.778. The number of hydrogen-bond acceptors (Lipinski definition) is 2. The van der Waals surface area contributed by atoms with Gasteiger partial charge >= 0.3 is 0 Å². The lowest BCUT2D eigenvalue weighted by molar-refractivity contribution is 0.343. The van der Waals surface area contributed by atoms with Crippen LogP contribution in [0.4, 0.5) is 0 Å². The highest BCUT2D eigenvalue weighted by atomic mass is 15.3. The summed E-state index contributed by atoms with van der Waals surface area (Å²) in [4.78, 5) is 0. The molecule has 15 heavy (non-hydrogen) atoms. The van der Waals surface area contributed by atoms with Crippen molar-refractivity contribution in [1.82, 2.24) is 15.1 Å². The maximum atomic E-state index is 4.32. The van der Waals surface area contributed by atoms with Gasteiger partial charge in [0.15, 0.2) is 0 Å². The molecule has 0 radical (unpaired) electrons. The first kappa shape index (κ1) is 12.2. The van der Waals surface area contributed by atoms with E-state index in [1.165, 1.54) is 12.0 Å². The van der Waals surface area contributed by atoms with Crippen LogP contribution in [0.2, 0.25) is 0 Å². The zero-order valence-electron chi connectivity index (χ0n) is 10.3. The summed E-state index contributed by atoms with van der Waals surface area (Å²) < 4.78 is 2.03. The minimum Gasteiger partial charge on any atom is -0.312 e. The fourth-order valence-corrected chi connectivity index (χ4v) is 1.61. The zero-order chi connectivity index (χ0) is 11.3. The molecule has 1 aromatic rings. The molecule has 0 aliphatic heterocycles. The largest absolute Gasteiger partial charge is 0.312 e. The second-order valence-corrected chi connectivity index (χ2v) is 4.54. The monoisotopic (exact) mass is 209 g/mol. The van der Waals surface area contributed by atoms with E-state index in [-0.39, 0.29) is 0 Å². The summed E-state index contributed by atoms with van der Waals surface area (Å²) in [5, 5.41) is 7.89. The Bertz CT molecular complexity index is 278. The van der Waals surface area contributed by atoms with Crippen LogP contribution in [0.15, 0.2) is 12.4 Å². The lowest BCUT2D eigenvalue weighted by Crippen LogP contribution is -2.38. The second kappa shape index (κ2) is 5.91. The number of aryl methyl sites for hydroxylation is 1. The van der Waals surface area contributed by atoms with Crippen LogP contribution in [0.3, 0.4) is 0 Å². The van der Waals surface area contributed by atoms with E-state index in [0.717, 1.165) is 13.1 Å². The highest BCUT2D eigenvalue weighted by molar-refractivity contribution is 4.99.